The largest absolute Gasteiger partial charge is 0.507 e. The van der Waals surface area contributed by atoms with Crippen LogP contribution < -0.4 is 9.47 Å². The number of aliphatic imine (C=N–C) groups is 2. The van der Waals surface area contributed by atoms with Crippen LogP contribution in [0.1, 0.15) is 22.3 Å². The fourth-order valence-electron chi connectivity index (χ4n) is 3.86. The van der Waals surface area contributed by atoms with E-state index >= 15 is 0 Å². The Labute approximate surface area is 210 Å². The van der Waals surface area contributed by atoms with Gasteiger partial charge in [0.2, 0.25) is 0 Å². The molecular weight excluding hydrogens is 452 g/mol. The molecule has 0 saturated heterocycles. The summed E-state index contributed by atoms with van der Waals surface area (Å²) >= 11 is 0. The summed E-state index contributed by atoms with van der Waals surface area (Å²) in [6.45, 7) is 0.756. The van der Waals surface area contributed by atoms with Gasteiger partial charge in [0.25, 0.3) is 0 Å². The highest BCUT2D eigenvalue weighted by Crippen LogP contribution is 2.27. The van der Waals surface area contributed by atoms with Crippen LogP contribution in [0.4, 0.5) is 0 Å². The molecule has 0 unspecified atom stereocenters. The smallest absolute Gasteiger partial charge is 0.128 e. The zero-order valence-electron chi connectivity index (χ0n) is 20.3. The first-order chi connectivity index (χ1) is 17.6. The molecule has 0 fully saturated rings. The minimum Gasteiger partial charge on any atom is -0.507 e. The molecule has 4 rings (SSSR count). The van der Waals surface area contributed by atoms with E-state index in [0.717, 1.165) is 11.1 Å². The Balaban J connectivity index is 1.67. The third-order valence-corrected chi connectivity index (χ3v) is 5.65. The van der Waals surface area contributed by atoms with Crippen molar-refractivity contribution < 1.29 is 19.7 Å². The quantitative estimate of drug-likeness (QED) is 0.245. The molecular formula is C30H28N2O4. The lowest BCUT2D eigenvalue weighted by molar-refractivity contribution is 0.407. The predicted molar refractivity (Wildman–Crippen MR) is 143 cm³/mol. The monoisotopic (exact) mass is 480 g/mol. The van der Waals surface area contributed by atoms with Gasteiger partial charge in [-0.3, -0.25) is 9.98 Å². The fraction of sp³-hybridized carbons (Fsp3) is 0.133. The molecule has 4 aromatic rings. The molecule has 0 aliphatic rings. The Morgan fingerprint density at radius 1 is 0.583 bits per heavy atom. The van der Waals surface area contributed by atoms with Gasteiger partial charge in [0.05, 0.1) is 38.7 Å². The summed E-state index contributed by atoms with van der Waals surface area (Å²) in [6, 6.07) is 29.8. The summed E-state index contributed by atoms with van der Waals surface area (Å²) < 4.78 is 10.4. The Kier molecular flexibility index (Phi) is 7.98. The first-order valence-electron chi connectivity index (χ1n) is 11.5. The van der Waals surface area contributed by atoms with Crippen LogP contribution >= 0.6 is 0 Å². The Morgan fingerprint density at radius 2 is 0.972 bits per heavy atom. The van der Waals surface area contributed by atoms with Crippen molar-refractivity contribution in [3.63, 3.8) is 0 Å². The van der Waals surface area contributed by atoms with Crippen molar-refractivity contribution in [2.45, 2.75) is 0 Å². The van der Waals surface area contributed by atoms with E-state index in [4.69, 9.17) is 19.5 Å². The van der Waals surface area contributed by atoms with Crippen LogP contribution in [0.3, 0.4) is 0 Å². The van der Waals surface area contributed by atoms with Crippen molar-refractivity contribution in [1.29, 1.82) is 0 Å². The number of phenols is 2. The second kappa shape index (κ2) is 11.7. The van der Waals surface area contributed by atoms with Gasteiger partial charge in [0, 0.05) is 34.4 Å². The highest BCUT2D eigenvalue weighted by atomic mass is 16.5. The summed E-state index contributed by atoms with van der Waals surface area (Å²) in [5.74, 6) is 1.32. The van der Waals surface area contributed by atoms with Gasteiger partial charge < -0.3 is 19.7 Å². The predicted octanol–water partition coefficient (Wildman–Crippen LogP) is 5.49. The lowest BCUT2D eigenvalue weighted by Gasteiger charge is -2.12. The van der Waals surface area contributed by atoms with Crippen molar-refractivity contribution in [3.8, 4) is 23.0 Å². The van der Waals surface area contributed by atoms with E-state index in [2.05, 4.69) is 0 Å². The number of ether oxygens (including phenoxy) is 2. The third-order valence-electron chi connectivity index (χ3n) is 5.65. The van der Waals surface area contributed by atoms with Crippen LogP contribution in [-0.4, -0.2) is 48.9 Å². The minimum absolute atomic E-state index is 0.0913. The SMILES string of the molecule is COc1ccc(/C(=N/CC/N=C(\c2ccccc2)c2ccc(OC)cc2O)c2ccccc2)c(O)c1. The van der Waals surface area contributed by atoms with Crippen LogP contribution in [0, 0.1) is 0 Å². The lowest BCUT2D eigenvalue weighted by Crippen LogP contribution is -2.08. The average Bonchev–Trinajstić information content (AvgIpc) is 2.92. The molecule has 0 aliphatic heterocycles. The molecule has 0 saturated carbocycles. The van der Waals surface area contributed by atoms with Gasteiger partial charge in [0.15, 0.2) is 0 Å². The first kappa shape index (κ1) is 24.5. The topological polar surface area (TPSA) is 83.6 Å². The van der Waals surface area contributed by atoms with Crippen LogP contribution in [0.25, 0.3) is 0 Å². The van der Waals surface area contributed by atoms with Crippen molar-refractivity contribution in [2.24, 2.45) is 9.98 Å². The summed E-state index contributed by atoms with van der Waals surface area (Å²) in [6.07, 6.45) is 0. The number of nitrogens with zero attached hydrogens (tertiary/aromatic N) is 2. The zero-order valence-corrected chi connectivity index (χ0v) is 20.3. The molecule has 4 aromatic carbocycles. The highest BCUT2D eigenvalue weighted by Gasteiger charge is 2.14. The van der Waals surface area contributed by atoms with Crippen molar-refractivity contribution in [3.05, 3.63) is 119 Å². The van der Waals surface area contributed by atoms with E-state index in [0.29, 0.717) is 47.1 Å². The maximum absolute atomic E-state index is 10.6. The summed E-state index contributed by atoms with van der Waals surface area (Å²) in [4.78, 5) is 9.63. The minimum atomic E-state index is 0.0913. The van der Waals surface area contributed by atoms with E-state index in [1.165, 1.54) is 0 Å². The van der Waals surface area contributed by atoms with Gasteiger partial charge in [-0.15, -0.1) is 0 Å². The van der Waals surface area contributed by atoms with Crippen LogP contribution in [0.5, 0.6) is 23.0 Å². The molecule has 0 heterocycles. The molecule has 36 heavy (non-hydrogen) atoms. The number of hydrogen-bond acceptors (Lipinski definition) is 6. The Bertz CT molecular complexity index is 1260. The van der Waals surface area contributed by atoms with Gasteiger partial charge in [-0.2, -0.15) is 0 Å². The molecule has 0 atom stereocenters. The number of rotatable bonds is 9. The number of aromatic hydroxyl groups is 2. The first-order valence-corrected chi connectivity index (χ1v) is 11.5. The van der Waals surface area contributed by atoms with Crippen LogP contribution in [-0.2, 0) is 0 Å². The number of hydrogen-bond donors (Lipinski definition) is 2. The third kappa shape index (κ3) is 5.73. The molecule has 0 bridgehead atoms. The van der Waals surface area contributed by atoms with E-state index in [1.54, 1.807) is 50.6 Å². The van der Waals surface area contributed by atoms with Gasteiger partial charge in [-0.1, -0.05) is 60.7 Å². The van der Waals surface area contributed by atoms with E-state index < -0.39 is 0 Å². The number of benzene rings is 4. The van der Waals surface area contributed by atoms with Crippen LogP contribution in [0.2, 0.25) is 0 Å². The van der Waals surface area contributed by atoms with E-state index in [1.807, 2.05) is 60.7 Å². The van der Waals surface area contributed by atoms with E-state index in [9.17, 15) is 10.2 Å². The second-order valence-electron chi connectivity index (χ2n) is 7.96. The van der Waals surface area contributed by atoms with Gasteiger partial charge >= 0.3 is 0 Å². The molecule has 0 aromatic heterocycles. The second-order valence-corrected chi connectivity index (χ2v) is 7.96. The molecule has 0 amide bonds. The van der Waals surface area contributed by atoms with Crippen molar-refractivity contribution in [2.75, 3.05) is 27.3 Å². The summed E-state index contributed by atoms with van der Waals surface area (Å²) in [5.41, 5.74) is 4.33. The molecule has 0 aliphatic carbocycles. The maximum atomic E-state index is 10.6. The van der Waals surface area contributed by atoms with Gasteiger partial charge in [0.1, 0.15) is 23.0 Å². The lowest BCUT2D eigenvalue weighted by atomic mass is 10.0. The fourth-order valence-corrected chi connectivity index (χ4v) is 3.86. The molecule has 0 radical (unpaired) electrons. The summed E-state index contributed by atoms with van der Waals surface area (Å²) in [7, 11) is 3.12. The Morgan fingerprint density at radius 3 is 1.31 bits per heavy atom. The zero-order chi connectivity index (χ0) is 25.3. The average molecular weight is 481 g/mol. The molecule has 6 nitrogen and oxygen atoms in total. The molecule has 6 heteroatoms. The molecule has 2 N–H and O–H groups in total. The van der Waals surface area contributed by atoms with E-state index in [-0.39, 0.29) is 11.5 Å². The van der Waals surface area contributed by atoms with Crippen LogP contribution in [0.15, 0.2) is 107 Å². The van der Waals surface area contributed by atoms with Crippen molar-refractivity contribution >= 4 is 11.4 Å². The standard InChI is InChI=1S/C30H28N2O4/c1-35-23-13-15-25(27(33)19-23)29(21-9-5-3-6-10-21)31-17-18-32-30(22-11-7-4-8-12-22)26-16-14-24(36-2)20-28(26)34/h3-16,19-20,33-34H,17-18H2,1-2H3/b31-29+,32-30+. The van der Waals surface area contributed by atoms with Gasteiger partial charge in [-0.05, 0) is 24.3 Å². The number of phenolic OH excluding ortho intramolecular Hbond substituents is 2. The van der Waals surface area contributed by atoms with Gasteiger partial charge in [-0.25, -0.2) is 0 Å². The normalized spacial score (nSPS) is 11.8. The highest BCUT2D eigenvalue weighted by molar-refractivity contribution is 6.15. The van der Waals surface area contributed by atoms with Crippen molar-refractivity contribution in [1.82, 2.24) is 0 Å². The number of methoxy groups -OCH3 is 2. The molecule has 0 spiro atoms. The summed E-state index contributed by atoms with van der Waals surface area (Å²) in [5, 5.41) is 21.3. The molecule has 182 valence electrons. The Hall–Kier alpha value is -4.58. The maximum Gasteiger partial charge on any atom is 0.128 e.